The maximum atomic E-state index is 12.6. The van der Waals surface area contributed by atoms with Crippen LogP contribution in [0.2, 0.25) is 0 Å². The van der Waals surface area contributed by atoms with Gasteiger partial charge < -0.3 is 5.32 Å². The van der Waals surface area contributed by atoms with Gasteiger partial charge >= 0.3 is 0 Å². The summed E-state index contributed by atoms with van der Waals surface area (Å²) in [5.74, 6) is 0.455. The molecule has 0 aromatic heterocycles. The maximum absolute atomic E-state index is 12.6. The molecule has 0 amide bonds. The normalized spacial score (nSPS) is 21.3. The van der Waals surface area contributed by atoms with E-state index in [4.69, 9.17) is 0 Å². The van der Waals surface area contributed by atoms with Crippen molar-refractivity contribution in [1.82, 2.24) is 9.62 Å². The molecule has 2 rings (SSSR count). The number of nitrogens with zero attached hydrogens (tertiary/aromatic N) is 1. The van der Waals surface area contributed by atoms with Crippen molar-refractivity contribution in [2.24, 2.45) is 5.92 Å². The summed E-state index contributed by atoms with van der Waals surface area (Å²) in [4.78, 5) is 0.438. The second kappa shape index (κ2) is 5.38. The molecule has 1 fully saturated rings. The molecule has 4 nitrogen and oxygen atoms in total. The molecule has 1 aromatic carbocycles. The average molecular weight is 268 g/mol. The summed E-state index contributed by atoms with van der Waals surface area (Å²) >= 11 is 0. The van der Waals surface area contributed by atoms with Crippen LogP contribution in [-0.2, 0) is 16.6 Å². The van der Waals surface area contributed by atoms with E-state index in [-0.39, 0.29) is 0 Å². The smallest absolute Gasteiger partial charge is 0.243 e. The van der Waals surface area contributed by atoms with Crippen LogP contribution in [-0.4, -0.2) is 32.9 Å². The molecule has 1 aliphatic heterocycles. The summed E-state index contributed by atoms with van der Waals surface area (Å²) < 4.78 is 26.8. The number of sulfonamides is 1. The van der Waals surface area contributed by atoms with Crippen LogP contribution in [0.3, 0.4) is 0 Å². The summed E-state index contributed by atoms with van der Waals surface area (Å²) in [6.07, 6.45) is 0.952. The molecule has 1 unspecified atom stereocenters. The van der Waals surface area contributed by atoms with Crippen LogP contribution in [0.25, 0.3) is 0 Å². The SMILES string of the molecule is CNCc1ccccc1S(=O)(=O)N1CCC(C)C1. The molecule has 1 heterocycles. The van der Waals surface area contributed by atoms with Crippen molar-refractivity contribution in [2.75, 3.05) is 20.1 Å². The second-order valence-corrected chi connectivity index (χ2v) is 6.80. The number of rotatable bonds is 4. The van der Waals surface area contributed by atoms with Gasteiger partial charge in [0.2, 0.25) is 10.0 Å². The molecule has 1 saturated heterocycles. The van der Waals surface area contributed by atoms with Crippen LogP contribution in [0, 0.1) is 5.92 Å². The Bertz CT molecular complexity index is 513. The Balaban J connectivity index is 2.35. The van der Waals surface area contributed by atoms with Crippen molar-refractivity contribution in [3.63, 3.8) is 0 Å². The van der Waals surface area contributed by atoms with Crippen molar-refractivity contribution in [3.05, 3.63) is 29.8 Å². The zero-order valence-corrected chi connectivity index (χ0v) is 11.7. The van der Waals surface area contributed by atoms with Gasteiger partial charge in [0.1, 0.15) is 0 Å². The lowest BCUT2D eigenvalue weighted by Crippen LogP contribution is -2.29. The monoisotopic (exact) mass is 268 g/mol. The molecule has 1 aromatic rings. The van der Waals surface area contributed by atoms with Crippen molar-refractivity contribution in [2.45, 2.75) is 24.8 Å². The van der Waals surface area contributed by atoms with Gasteiger partial charge in [-0.05, 0) is 31.0 Å². The Hall–Kier alpha value is -0.910. The summed E-state index contributed by atoms with van der Waals surface area (Å²) in [6.45, 7) is 3.93. The lowest BCUT2D eigenvalue weighted by molar-refractivity contribution is 0.463. The molecule has 100 valence electrons. The lowest BCUT2D eigenvalue weighted by atomic mass is 10.2. The van der Waals surface area contributed by atoms with Gasteiger partial charge in [-0.2, -0.15) is 4.31 Å². The van der Waals surface area contributed by atoms with E-state index in [9.17, 15) is 8.42 Å². The molecule has 0 bridgehead atoms. The highest BCUT2D eigenvalue weighted by atomic mass is 32.2. The highest BCUT2D eigenvalue weighted by Crippen LogP contribution is 2.25. The fourth-order valence-electron chi connectivity index (χ4n) is 2.34. The van der Waals surface area contributed by atoms with E-state index < -0.39 is 10.0 Å². The van der Waals surface area contributed by atoms with Gasteiger partial charge in [0, 0.05) is 19.6 Å². The van der Waals surface area contributed by atoms with Crippen molar-refractivity contribution < 1.29 is 8.42 Å². The maximum Gasteiger partial charge on any atom is 0.243 e. The van der Waals surface area contributed by atoms with E-state index in [2.05, 4.69) is 12.2 Å². The predicted molar refractivity (Wildman–Crippen MR) is 71.7 cm³/mol. The number of hydrogen-bond acceptors (Lipinski definition) is 3. The second-order valence-electron chi connectivity index (χ2n) is 4.89. The van der Waals surface area contributed by atoms with E-state index >= 15 is 0 Å². The number of nitrogens with one attached hydrogen (secondary N) is 1. The van der Waals surface area contributed by atoms with E-state index in [0.717, 1.165) is 12.0 Å². The molecule has 1 atom stereocenters. The van der Waals surface area contributed by atoms with Gasteiger partial charge in [0.25, 0.3) is 0 Å². The van der Waals surface area contributed by atoms with Crippen LogP contribution in [0.5, 0.6) is 0 Å². The largest absolute Gasteiger partial charge is 0.316 e. The fourth-order valence-corrected chi connectivity index (χ4v) is 4.14. The Morgan fingerprint density at radius 3 is 2.72 bits per heavy atom. The minimum absolute atomic E-state index is 0.438. The Morgan fingerprint density at radius 2 is 2.11 bits per heavy atom. The first-order valence-corrected chi connectivity index (χ1v) is 7.72. The summed E-state index contributed by atoms with van der Waals surface area (Å²) in [5, 5.41) is 3.01. The molecule has 0 spiro atoms. The predicted octanol–water partition coefficient (Wildman–Crippen LogP) is 1.44. The third kappa shape index (κ3) is 2.58. The zero-order valence-electron chi connectivity index (χ0n) is 10.9. The Kier molecular flexibility index (Phi) is 4.04. The molecular formula is C13H20N2O2S. The first-order chi connectivity index (χ1) is 8.55. The lowest BCUT2D eigenvalue weighted by Gasteiger charge is -2.18. The van der Waals surface area contributed by atoms with Crippen molar-refractivity contribution in [3.8, 4) is 0 Å². The van der Waals surface area contributed by atoms with E-state index in [1.165, 1.54) is 0 Å². The van der Waals surface area contributed by atoms with Crippen LogP contribution in [0.15, 0.2) is 29.2 Å². The van der Waals surface area contributed by atoms with Crippen LogP contribution in [0.4, 0.5) is 0 Å². The molecule has 1 N–H and O–H groups in total. The van der Waals surface area contributed by atoms with Gasteiger partial charge in [-0.15, -0.1) is 0 Å². The first-order valence-electron chi connectivity index (χ1n) is 6.28. The van der Waals surface area contributed by atoms with Gasteiger partial charge in [-0.1, -0.05) is 25.1 Å². The highest BCUT2D eigenvalue weighted by molar-refractivity contribution is 7.89. The van der Waals surface area contributed by atoms with Crippen molar-refractivity contribution in [1.29, 1.82) is 0 Å². The van der Waals surface area contributed by atoms with Crippen LogP contribution in [0.1, 0.15) is 18.9 Å². The summed E-state index contributed by atoms with van der Waals surface area (Å²) in [5.41, 5.74) is 0.833. The average Bonchev–Trinajstić information content (AvgIpc) is 2.78. The quantitative estimate of drug-likeness (QED) is 0.899. The zero-order chi connectivity index (χ0) is 13.2. The summed E-state index contributed by atoms with van der Waals surface area (Å²) in [7, 11) is -1.51. The number of hydrogen-bond donors (Lipinski definition) is 1. The first kappa shape index (κ1) is 13.5. The molecular weight excluding hydrogens is 248 g/mol. The van der Waals surface area contributed by atoms with E-state index in [0.29, 0.717) is 30.4 Å². The fraction of sp³-hybridized carbons (Fsp3) is 0.538. The number of benzene rings is 1. The topological polar surface area (TPSA) is 49.4 Å². The van der Waals surface area contributed by atoms with Crippen LogP contribution >= 0.6 is 0 Å². The van der Waals surface area contributed by atoms with Crippen molar-refractivity contribution >= 4 is 10.0 Å². The van der Waals surface area contributed by atoms with E-state index in [1.54, 1.807) is 16.4 Å². The molecule has 5 heteroatoms. The standard InChI is InChI=1S/C13H20N2O2S/c1-11-7-8-15(10-11)18(16,17)13-6-4-3-5-12(13)9-14-2/h3-6,11,14H,7-10H2,1-2H3. The summed E-state index contributed by atoms with van der Waals surface area (Å²) in [6, 6.07) is 7.22. The van der Waals surface area contributed by atoms with Crippen LogP contribution < -0.4 is 5.32 Å². The molecule has 0 radical (unpaired) electrons. The van der Waals surface area contributed by atoms with Gasteiger partial charge in [0.15, 0.2) is 0 Å². The highest BCUT2D eigenvalue weighted by Gasteiger charge is 2.31. The van der Waals surface area contributed by atoms with Gasteiger partial charge in [0.05, 0.1) is 4.90 Å². The molecule has 0 aliphatic carbocycles. The molecule has 0 saturated carbocycles. The molecule has 18 heavy (non-hydrogen) atoms. The minimum atomic E-state index is -3.33. The van der Waals surface area contributed by atoms with Gasteiger partial charge in [-0.3, -0.25) is 0 Å². The minimum Gasteiger partial charge on any atom is -0.316 e. The molecule has 1 aliphatic rings. The third-order valence-electron chi connectivity index (χ3n) is 3.34. The Labute approximate surface area is 109 Å². The van der Waals surface area contributed by atoms with E-state index in [1.807, 2.05) is 19.2 Å². The van der Waals surface area contributed by atoms with Gasteiger partial charge in [-0.25, -0.2) is 8.42 Å². The third-order valence-corrected chi connectivity index (χ3v) is 5.31. The Morgan fingerprint density at radius 1 is 1.39 bits per heavy atom.